The molecule has 0 radical (unpaired) electrons. The molecule has 1 aliphatic carbocycles. The highest BCUT2D eigenvalue weighted by molar-refractivity contribution is 7.19. The SMILES string of the molecule is FC1(F)C(c2cc(-c3ccc(/C=C/c4ccccc4)cc3)sc2-c2ccccc2)=C(c2cc(-c3ccc(/C=C/c4ccccc4)cc3)sc2-c2ccccc2)C(F)(F)C1(F)F. The van der Waals surface area contributed by atoms with Crippen molar-refractivity contribution in [2.45, 2.75) is 17.8 Å². The Morgan fingerprint density at radius 2 is 0.623 bits per heavy atom. The molecule has 8 aromatic rings. The van der Waals surface area contributed by atoms with Crippen molar-refractivity contribution >= 4 is 58.1 Å². The fourth-order valence-corrected chi connectivity index (χ4v) is 9.86. The molecule has 2 aromatic heterocycles. The number of hydrogen-bond acceptors (Lipinski definition) is 2. The lowest BCUT2D eigenvalue weighted by Gasteiger charge is -2.26. The largest absolute Gasteiger partial charge is 0.380 e. The lowest BCUT2D eigenvalue weighted by molar-refractivity contribution is -0.254. The third-order valence-electron chi connectivity index (χ3n) is 10.7. The first-order valence-corrected chi connectivity index (χ1v) is 21.1. The summed E-state index contributed by atoms with van der Waals surface area (Å²) in [7, 11) is 0. The molecule has 0 spiro atoms. The van der Waals surface area contributed by atoms with E-state index >= 15 is 26.3 Å². The average Bonchev–Trinajstić information content (AvgIpc) is 3.96. The first-order chi connectivity index (χ1) is 29.5. The number of allylic oxidation sites excluding steroid dienone is 2. The van der Waals surface area contributed by atoms with Crippen LogP contribution in [0.3, 0.4) is 0 Å². The van der Waals surface area contributed by atoms with Gasteiger partial charge < -0.3 is 0 Å². The van der Waals surface area contributed by atoms with Gasteiger partial charge in [0.15, 0.2) is 0 Å². The third kappa shape index (κ3) is 7.51. The number of benzene rings is 6. The zero-order valence-electron chi connectivity index (χ0n) is 32.2. The molecule has 9 rings (SSSR count). The summed E-state index contributed by atoms with van der Waals surface area (Å²) in [5, 5.41) is 0. The van der Waals surface area contributed by atoms with Crippen LogP contribution in [0.15, 0.2) is 182 Å². The van der Waals surface area contributed by atoms with Crippen molar-refractivity contribution in [2.75, 3.05) is 0 Å². The van der Waals surface area contributed by atoms with E-state index in [-0.39, 0.29) is 20.9 Å². The first-order valence-electron chi connectivity index (χ1n) is 19.5. The van der Waals surface area contributed by atoms with Crippen molar-refractivity contribution in [1.29, 1.82) is 0 Å². The molecule has 0 unspecified atom stereocenters. The van der Waals surface area contributed by atoms with Crippen LogP contribution in [0.25, 0.3) is 77.2 Å². The molecule has 0 aliphatic heterocycles. The fourth-order valence-electron chi connectivity index (χ4n) is 7.51. The Morgan fingerprint density at radius 3 is 0.951 bits per heavy atom. The molecule has 0 nitrogen and oxygen atoms in total. The van der Waals surface area contributed by atoms with Crippen molar-refractivity contribution in [3.63, 3.8) is 0 Å². The Bertz CT molecular complexity index is 2690. The van der Waals surface area contributed by atoms with Crippen molar-refractivity contribution in [3.05, 3.63) is 215 Å². The lowest BCUT2D eigenvalue weighted by atomic mass is 9.92. The Kier molecular flexibility index (Phi) is 10.6. The molecule has 1 aliphatic rings. The quantitative estimate of drug-likeness (QED) is 0.0950. The molecule has 0 fully saturated rings. The molecule has 0 saturated heterocycles. The Labute approximate surface area is 357 Å². The summed E-state index contributed by atoms with van der Waals surface area (Å²) in [5.41, 5.74) is 2.40. The molecule has 0 amide bonds. The number of rotatable bonds is 10. The zero-order chi connectivity index (χ0) is 42.2. The second-order valence-electron chi connectivity index (χ2n) is 14.6. The molecule has 0 bridgehead atoms. The number of alkyl halides is 6. The summed E-state index contributed by atoms with van der Waals surface area (Å²) in [6.07, 6.45) is 7.79. The van der Waals surface area contributed by atoms with Crippen LogP contribution in [-0.2, 0) is 0 Å². The first kappa shape index (κ1) is 40.0. The maximum Gasteiger partial charge on any atom is 0.380 e. The van der Waals surface area contributed by atoms with E-state index in [4.69, 9.17) is 0 Å². The average molecular weight is 849 g/mol. The van der Waals surface area contributed by atoms with E-state index in [0.717, 1.165) is 44.9 Å². The predicted octanol–water partition coefficient (Wildman–Crippen LogP) is 16.6. The van der Waals surface area contributed by atoms with E-state index in [2.05, 4.69) is 0 Å². The number of halogens is 6. The third-order valence-corrected chi connectivity index (χ3v) is 13.1. The van der Waals surface area contributed by atoms with Crippen LogP contribution >= 0.6 is 22.7 Å². The molecule has 6 aromatic carbocycles. The smallest absolute Gasteiger partial charge is 0.194 e. The topological polar surface area (TPSA) is 0 Å². The zero-order valence-corrected chi connectivity index (χ0v) is 33.8. The van der Waals surface area contributed by atoms with Crippen molar-refractivity contribution < 1.29 is 26.3 Å². The van der Waals surface area contributed by atoms with Crippen LogP contribution in [0, 0.1) is 0 Å². The van der Waals surface area contributed by atoms with Gasteiger partial charge in [-0.15, -0.1) is 22.7 Å². The summed E-state index contributed by atoms with van der Waals surface area (Å²) in [6, 6.07) is 53.8. The normalized spacial score (nSPS) is 15.6. The summed E-state index contributed by atoms with van der Waals surface area (Å²) in [6.45, 7) is 0. The van der Waals surface area contributed by atoms with Crippen molar-refractivity contribution in [1.82, 2.24) is 0 Å². The van der Waals surface area contributed by atoms with Crippen LogP contribution in [0.1, 0.15) is 33.4 Å². The van der Waals surface area contributed by atoms with Gasteiger partial charge in [-0.25, -0.2) is 0 Å². The van der Waals surface area contributed by atoms with Crippen LogP contribution in [-0.4, -0.2) is 17.8 Å². The van der Waals surface area contributed by atoms with Crippen LogP contribution < -0.4 is 0 Å². The molecule has 300 valence electrons. The van der Waals surface area contributed by atoms with Gasteiger partial charge in [-0.2, -0.15) is 26.3 Å². The highest BCUT2D eigenvalue weighted by atomic mass is 32.1. The van der Waals surface area contributed by atoms with Gasteiger partial charge >= 0.3 is 17.8 Å². The molecule has 2 heterocycles. The van der Waals surface area contributed by atoms with Crippen LogP contribution in [0.4, 0.5) is 26.3 Å². The van der Waals surface area contributed by atoms with Gasteiger partial charge in [-0.1, -0.05) is 194 Å². The lowest BCUT2D eigenvalue weighted by Crippen LogP contribution is -2.48. The van der Waals surface area contributed by atoms with Gasteiger partial charge in [0.25, 0.3) is 0 Å². The van der Waals surface area contributed by atoms with Gasteiger partial charge in [-0.05, 0) is 56.6 Å². The Balaban J connectivity index is 1.21. The Hall–Kier alpha value is -6.48. The van der Waals surface area contributed by atoms with E-state index in [0.29, 0.717) is 32.0 Å². The van der Waals surface area contributed by atoms with Crippen molar-refractivity contribution in [2.24, 2.45) is 0 Å². The molecule has 0 atom stereocenters. The summed E-state index contributed by atoms with van der Waals surface area (Å²) < 4.78 is 98.9. The summed E-state index contributed by atoms with van der Waals surface area (Å²) >= 11 is 2.19. The highest BCUT2D eigenvalue weighted by Crippen LogP contribution is 2.67. The van der Waals surface area contributed by atoms with Gasteiger partial charge in [0.2, 0.25) is 0 Å². The van der Waals surface area contributed by atoms with E-state index in [1.54, 1.807) is 60.7 Å². The maximum atomic E-state index is 16.7. The van der Waals surface area contributed by atoms with Crippen LogP contribution in [0.2, 0.25) is 0 Å². The summed E-state index contributed by atoms with van der Waals surface area (Å²) in [5.74, 6) is -16.2. The summed E-state index contributed by atoms with van der Waals surface area (Å²) in [4.78, 5) is 1.29. The second kappa shape index (κ2) is 16.2. The van der Waals surface area contributed by atoms with E-state index in [1.807, 2.05) is 133 Å². The molecular weight excluding hydrogens is 815 g/mol. The predicted molar refractivity (Wildman–Crippen MR) is 243 cm³/mol. The van der Waals surface area contributed by atoms with E-state index in [9.17, 15) is 0 Å². The minimum absolute atomic E-state index is 0.181. The fraction of sp³-hybridized carbons (Fsp3) is 0.0566. The highest BCUT2D eigenvalue weighted by Gasteiger charge is 2.80. The number of hydrogen-bond donors (Lipinski definition) is 0. The van der Waals surface area contributed by atoms with Crippen molar-refractivity contribution in [3.8, 4) is 41.8 Å². The molecule has 8 heteroatoms. The standard InChI is InChI=1S/C53H34F6S2/c54-51(55)47(43-33-45(60-49(43)41-17-9-3-10-18-41)39-29-25-37(26-30-39)23-21-35-13-5-1-6-14-35)48(52(56,57)53(51,58)59)44-34-46(61-50(44)42-19-11-4-12-20-42)40-31-27-38(28-32-40)24-22-36-15-7-2-8-16-36/h1-34H/b23-21+,24-22+. The monoisotopic (exact) mass is 848 g/mol. The van der Waals surface area contributed by atoms with Crippen LogP contribution in [0.5, 0.6) is 0 Å². The van der Waals surface area contributed by atoms with E-state index in [1.165, 1.54) is 12.1 Å². The van der Waals surface area contributed by atoms with Gasteiger partial charge in [0.1, 0.15) is 0 Å². The number of thiophene rings is 2. The van der Waals surface area contributed by atoms with E-state index < -0.39 is 28.9 Å². The molecule has 0 saturated carbocycles. The molecule has 61 heavy (non-hydrogen) atoms. The molecular formula is C53H34F6S2. The van der Waals surface area contributed by atoms with Gasteiger partial charge in [-0.3, -0.25) is 0 Å². The second-order valence-corrected chi connectivity index (χ2v) is 16.7. The Morgan fingerprint density at radius 1 is 0.328 bits per heavy atom. The molecule has 0 N–H and O–H groups in total. The van der Waals surface area contributed by atoms with Gasteiger partial charge in [0, 0.05) is 41.8 Å². The van der Waals surface area contributed by atoms with Gasteiger partial charge in [0.05, 0.1) is 0 Å². The maximum absolute atomic E-state index is 16.7. The minimum atomic E-state index is -5.74. The minimum Gasteiger partial charge on any atom is -0.194 e.